The van der Waals surface area contributed by atoms with Crippen molar-refractivity contribution in [3.63, 3.8) is 0 Å². The van der Waals surface area contributed by atoms with Crippen LogP contribution < -0.4 is 4.74 Å². The smallest absolute Gasteiger partial charge is 0.289 e. The zero-order chi connectivity index (χ0) is 21.8. The molecule has 1 saturated heterocycles. The minimum Gasteiger partial charge on any atom is -0.484 e. The van der Waals surface area contributed by atoms with E-state index in [-0.39, 0.29) is 12.5 Å². The van der Waals surface area contributed by atoms with E-state index in [2.05, 4.69) is 36.1 Å². The highest BCUT2D eigenvalue weighted by molar-refractivity contribution is 6.35. The molecule has 0 aliphatic carbocycles. The third-order valence-electron chi connectivity index (χ3n) is 5.45. The van der Waals surface area contributed by atoms with E-state index in [1.165, 1.54) is 11.1 Å². The molecule has 31 heavy (non-hydrogen) atoms. The molecule has 0 spiro atoms. The number of amides is 1. The third-order valence-corrected chi connectivity index (χ3v) is 5.98. The van der Waals surface area contributed by atoms with Gasteiger partial charge in [0.1, 0.15) is 18.1 Å². The Kier molecular flexibility index (Phi) is 6.86. The van der Waals surface area contributed by atoms with Gasteiger partial charge in [-0.25, -0.2) is 0 Å². The standard InChI is InChI=1S/C24H24Cl2N2O3/c1-17-4-2-3-5-18(17)15-27-10-12-28(13-11-27)24(29)23-9-7-20(31-23)16-30-22-8-6-19(25)14-21(22)26/h2-9,14H,10-13,15-16H2,1H3. The van der Waals surface area contributed by atoms with E-state index < -0.39 is 0 Å². The van der Waals surface area contributed by atoms with E-state index in [1.54, 1.807) is 30.3 Å². The van der Waals surface area contributed by atoms with E-state index in [1.807, 2.05) is 4.90 Å². The number of halogens is 2. The van der Waals surface area contributed by atoms with Gasteiger partial charge in [0.05, 0.1) is 5.02 Å². The predicted octanol–water partition coefficient (Wildman–Crippen LogP) is 5.43. The highest BCUT2D eigenvalue weighted by Crippen LogP contribution is 2.28. The van der Waals surface area contributed by atoms with Crippen LogP contribution in [0.3, 0.4) is 0 Å². The second-order valence-electron chi connectivity index (χ2n) is 7.62. The maximum Gasteiger partial charge on any atom is 0.289 e. The van der Waals surface area contributed by atoms with Gasteiger partial charge in [-0.3, -0.25) is 9.69 Å². The molecule has 3 aromatic rings. The van der Waals surface area contributed by atoms with Gasteiger partial charge < -0.3 is 14.1 Å². The first kappa shape index (κ1) is 21.8. The molecule has 1 aromatic heterocycles. The fraction of sp³-hybridized carbons (Fsp3) is 0.292. The lowest BCUT2D eigenvalue weighted by Crippen LogP contribution is -2.48. The molecule has 0 bridgehead atoms. The molecule has 4 rings (SSSR count). The molecule has 1 aliphatic heterocycles. The first-order chi connectivity index (χ1) is 15.0. The Labute approximate surface area is 192 Å². The number of ether oxygens (including phenoxy) is 1. The Balaban J connectivity index is 1.29. The zero-order valence-electron chi connectivity index (χ0n) is 17.3. The number of hydrogen-bond donors (Lipinski definition) is 0. The fourth-order valence-electron chi connectivity index (χ4n) is 3.60. The van der Waals surface area contributed by atoms with Gasteiger partial charge in [0, 0.05) is 37.7 Å². The summed E-state index contributed by atoms with van der Waals surface area (Å²) < 4.78 is 11.4. The van der Waals surface area contributed by atoms with Crippen LogP contribution in [0.1, 0.15) is 27.4 Å². The summed E-state index contributed by atoms with van der Waals surface area (Å²) in [6, 6.07) is 16.9. The molecule has 2 heterocycles. The first-order valence-electron chi connectivity index (χ1n) is 10.2. The van der Waals surface area contributed by atoms with Crippen molar-refractivity contribution < 1.29 is 13.9 Å². The molecule has 0 atom stereocenters. The SMILES string of the molecule is Cc1ccccc1CN1CCN(C(=O)c2ccc(COc3ccc(Cl)cc3Cl)o2)CC1. The van der Waals surface area contributed by atoms with Gasteiger partial charge in [-0.1, -0.05) is 47.5 Å². The highest BCUT2D eigenvalue weighted by atomic mass is 35.5. The Morgan fingerprint density at radius 3 is 2.55 bits per heavy atom. The topological polar surface area (TPSA) is 45.9 Å². The van der Waals surface area contributed by atoms with Crippen molar-refractivity contribution >= 4 is 29.1 Å². The van der Waals surface area contributed by atoms with E-state index in [4.69, 9.17) is 32.4 Å². The van der Waals surface area contributed by atoms with E-state index in [0.29, 0.717) is 40.4 Å². The number of carbonyl (C=O) groups is 1. The Hall–Kier alpha value is -2.47. The molecule has 0 saturated carbocycles. The summed E-state index contributed by atoms with van der Waals surface area (Å²) in [5, 5.41) is 0.973. The maximum absolute atomic E-state index is 12.8. The van der Waals surface area contributed by atoms with Gasteiger partial charge in [-0.15, -0.1) is 0 Å². The van der Waals surface area contributed by atoms with Crippen LogP contribution in [0.2, 0.25) is 10.0 Å². The molecule has 0 radical (unpaired) electrons. The molecular formula is C24H24Cl2N2O3. The lowest BCUT2D eigenvalue weighted by molar-refractivity contribution is 0.0594. The number of rotatable bonds is 6. The van der Waals surface area contributed by atoms with Crippen LogP contribution in [0, 0.1) is 6.92 Å². The van der Waals surface area contributed by atoms with E-state index >= 15 is 0 Å². The summed E-state index contributed by atoms with van der Waals surface area (Å²) in [7, 11) is 0. The monoisotopic (exact) mass is 458 g/mol. The molecule has 162 valence electrons. The quantitative estimate of drug-likeness (QED) is 0.493. The van der Waals surface area contributed by atoms with Crippen molar-refractivity contribution in [2.75, 3.05) is 26.2 Å². The molecule has 0 N–H and O–H groups in total. The van der Waals surface area contributed by atoms with Gasteiger partial charge in [0.15, 0.2) is 5.76 Å². The van der Waals surface area contributed by atoms with Crippen LogP contribution in [-0.4, -0.2) is 41.9 Å². The molecule has 1 fully saturated rings. The van der Waals surface area contributed by atoms with Crippen molar-refractivity contribution in [3.05, 3.63) is 87.3 Å². The van der Waals surface area contributed by atoms with E-state index in [9.17, 15) is 4.79 Å². The van der Waals surface area contributed by atoms with E-state index in [0.717, 1.165) is 19.6 Å². The maximum atomic E-state index is 12.8. The second kappa shape index (κ2) is 9.77. The number of nitrogens with zero attached hydrogens (tertiary/aromatic N) is 2. The number of piperazine rings is 1. The van der Waals surface area contributed by atoms with Crippen LogP contribution in [0.5, 0.6) is 5.75 Å². The minimum atomic E-state index is -0.0914. The number of benzene rings is 2. The summed E-state index contributed by atoms with van der Waals surface area (Å²) in [6.45, 7) is 6.25. The van der Waals surface area contributed by atoms with Crippen LogP contribution in [0.15, 0.2) is 59.0 Å². The molecule has 7 heteroatoms. The average Bonchev–Trinajstić information content (AvgIpc) is 3.24. The summed E-state index contributed by atoms with van der Waals surface area (Å²) in [5.74, 6) is 1.31. The number of aryl methyl sites for hydroxylation is 1. The van der Waals surface area contributed by atoms with Crippen LogP contribution in [0.4, 0.5) is 0 Å². The number of hydrogen-bond acceptors (Lipinski definition) is 4. The van der Waals surface area contributed by atoms with Crippen molar-refractivity contribution in [1.29, 1.82) is 0 Å². The molecule has 1 amide bonds. The Morgan fingerprint density at radius 2 is 1.81 bits per heavy atom. The summed E-state index contributed by atoms with van der Waals surface area (Å²) >= 11 is 12.0. The molecule has 0 unspecified atom stereocenters. The van der Waals surface area contributed by atoms with Gasteiger partial charge in [-0.05, 0) is 48.4 Å². The van der Waals surface area contributed by atoms with Gasteiger partial charge in [0.2, 0.25) is 0 Å². The molecule has 1 aliphatic rings. The number of furan rings is 1. The second-order valence-corrected chi connectivity index (χ2v) is 8.47. The highest BCUT2D eigenvalue weighted by Gasteiger charge is 2.24. The van der Waals surface area contributed by atoms with Crippen molar-refractivity contribution in [3.8, 4) is 5.75 Å². The first-order valence-corrected chi connectivity index (χ1v) is 11.0. The van der Waals surface area contributed by atoms with Crippen molar-refractivity contribution in [2.45, 2.75) is 20.1 Å². The third kappa shape index (κ3) is 5.42. The van der Waals surface area contributed by atoms with Gasteiger partial charge in [-0.2, -0.15) is 0 Å². The van der Waals surface area contributed by atoms with Crippen molar-refractivity contribution in [2.24, 2.45) is 0 Å². The Morgan fingerprint density at radius 1 is 1.03 bits per heavy atom. The number of carbonyl (C=O) groups excluding carboxylic acids is 1. The van der Waals surface area contributed by atoms with Gasteiger partial charge >= 0.3 is 0 Å². The summed E-state index contributed by atoms with van der Waals surface area (Å²) in [6.07, 6.45) is 0. The predicted molar refractivity (Wildman–Crippen MR) is 122 cm³/mol. The minimum absolute atomic E-state index is 0.0914. The lowest BCUT2D eigenvalue weighted by Gasteiger charge is -2.34. The molecule has 2 aromatic carbocycles. The molecular weight excluding hydrogens is 435 g/mol. The largest absolute Gasteiger partial charge is 0.484 e. The Bertz CT molecular complexity index is 1060. The van der Waals surface area contributed by atoms with Crippen LogP contribution >= 0.6 is 23.2 Å². The lowest BCUT2D eigenvalue weighted by atomic mass is 10.1. The summed E-state index contributed by atoms with van der Waals surface area (Å²) in [5.41, 5.74) is 2.63. The van der Waals surface area contributed by atoms with Crippen LogP contribution in [-0.2, 0) is 13.2 Å². The average molecular weight is 459 g/mol. The van der Waals surface area contributed by atoms with Crippen molar-refractivity contribution in [1.82, 2.24) is 9.80 Å². The van der Waals surface area contributed by atoms with Gasteiger partial charge in [0.25, 0.3) is 5.91 Å². The normalized spacial score (nSPS) is 14.6. The zero-order valence-corrected chi connectivity index (χ0v) is 18.8. The fourth-order valence-corrected chi connectivity index (χ4v) is 4.07. The summed E-state index contributed by atoms with van der Waals surface area (Å²) in [4.78, 5) is 17.1. The van der Waals surface area contributed by atoms with Crippen LogP contribution in [0.25, 0.3) is 0 Å². The molecule has 5 nitrogen and oxygen atoms in total.